The van der Waals surface area contributed by atoms with Gasteiger partial charge in [0.05, 0.1) is 5.69 Å². The van der Waals surface area contributed by atoms with Crippen molar-refractivity contribution in [1.29, 1.82) is 0 Å². The van der Waals surface area contributed by atoms with E-state index in [4.69, 9.17) is 0 Å². The van der Waals surface area contributed by atoms with Crippen LogP contribution in [0.4, 0.5) is 23.2 Å². The average molecular weight is 472 g/mol. The number of rotatable bonds is 4. The van der Waals surface area contributed by atoms with Gasteiger partial charge in [0.2, 0.25) is 11.9 Å². The van der Waals surface area contributed by atoms with Crippen LogP contribution < -0.4 is 20.9 Å². The predicted molar refractivity (Wildman–Crippen MR) is 112 cm³/mol. The summed E-state index contributed by atoms with van der Waals surface area (Å²) in [5, 5.41) is 7.47. The molecule has 0 spiro atoms. The monoisotopic (exact) mass is 472 g/mol. The van der Waals surface area contributed by atoms with Crippen LogP contribution in [0.5, 0.6) is 0 Å². The van der Waals surface area contributed by atoms with Gasteiger partial charge in [-0.05, 0) is 37.3 Å². The molecule has 0 aromatic carbocycles. The van der Waals surface area contributed by atoms with E-state index in [1.54, 1.807) is 6.07 Å². The van der Waals surface area contributed by atoms with Crippen LogP contribution in [-0.2, 0) is 4.79 Å². The van der Waals surface area contributed by atoms with Gasteiger partial charge in [0, 0.05) is 51.9 Å². The van der Waals surface area contributed by atoms with E-state index >= 15 is 0 Å². The lowest BCUT2D eigenvalue weighted by Gasteiger charge is -2.45. The van der Waals surface area contributed by atoms with Gasteiger partial charge < -0.3 is 15.5 Å². The highest BCUT2D eigenvalue weighted by molar-refractivity contribution is 5.92. The summed E-state index contributed by atoms with van der Waals surface area (Å²) in [7, 11) is 1.46. The summed E-state index contributed by atoms with van der Waals surface area (Å²) >= 11 is 0. The summed E-state index contributed by atoms with van der Waals surface area (Å²) in [4.78, 5) is 31.4. The first kappa shape index (κ1) is 23.7. The van der Waals surface area contributed by atoms with Gasteiger partial charge in [-0.25, -0.2) is 4.98 Å². The van der Waals surface area contributed by atoms with E-state index in [1.165, 1.54) is 13.1 Å². The molecule has 3 N–H and O–H groups in total. The Hall–Kier alpha value is -2.47. The van der Waals surface area contributed by atoms with Crippen molar-refractivity contribution < 1.29 is 27.2 Å². The molecule has 1 aromatic rings. The SMILES string of the molecule is CNC(=O)c1ccc(N2CCN(CC3CCC4NC(C(F)(F)F)C(=O)NC4C3)CC2)c(F)n1. The van der Waals surface area contributed by atoms with Gasteiger partial charge in [-0.2, -0.15) is 17.6 Å². The third kappa shape index (κ3) is 5.21. The number of carbonyl (C=O) groups excluding carboxylic acids is 2. The lowest BCUT2D eigenvalue weighted by Crippen LogP contribution is -2.69. The molecule has 1 saturated carbocycles. The van der Waals surface area contributed by atoms with Crippen LogP contribution in [0.3, 0.4) is 0 Å². The second-order valence-corrected chi connectivity index (χ2v) is 8.92. The Balaban J connectivity index is 1.27. The predicted octanol–water partition coefficient (Wildman–Crippen LogP) is 0.890. The largest absolute Gasteiger partial charge is 0.412 e. The minimum absolute atomic E-state index is 0.0267. The molecular formula is C21H28F4N6O2. The van der Waals surface area contributed by atoms with Crippen molar-refractivity contribution in [2.24, 2.45) is 5.92 Å². The maximum absolute atomic E-state index is 14.4. The summed E-state index contributed by atoms with van der Waals surface area (Å²) in [6.45, 7) is 3.40. The summed E-state index contributed by atoms with van der Waals surface area (Å²) in [5.41, 5.74) is 0.386. The second-order valence-electron chi connectivity index (χ2n) is 8.92. The fourth-order valence-electron chi connectivity index (χ4n) is 5.04. The molecule has 2 saturated heterocycles. The number of aromatic nitrogens is 1. The molecule has 4 rings (SSSR count). The molecule has 3 aliphatic rings. The molecule has 1 aliphatic carbocycles. The summed E-state index contributed by atoms with van der Waals surface area (Å²) < 4.78 is 53.5. The van der Waals surface area contributed by atoms with E-state index in [1.807, 2.05) is 4.90 Å². The lowest BCUT2D eigenvalue weighted by molar-refractivity contribution is -0.176. The molecule has 0 radical (unpaired) electrons. The molecule has 2 amide bonds. The van der Waals surface area contributed by atoms with Crippen molar-refractivity contribution in [3.8, 4) is 0 Å². The van der Waals surface area contributed by atoms with E-state index in [-0.39, 0.29) is 23.7 Å². The molecule has 182 valence electrons. The van der Waals surface area contributed by atoms with Crippen molar-refractivity contribution in [1.82, 2.24) is 25.8 Å². The number of hydrogen-bond donors (Lipinski definition) is 3. The fourth-order valence-corrected chi connectivity index (χ4v) is 5.04. The van der Waals surface area contributed by atoms with Gasteiger partial charge in [0.25, 0.3) is 5.91 Å². The van der Waals surface area contributed by atoms with Crippen LogP contribution in [0.1, 0.15) is 29.8 Å². The van der Waals surface area contributed by atoms with Crippen LogP contribution in [0.2, 0.25) is 0 Å². The Morgan fingerprint density at radius 2 is 1.91 bits per heavy atom. The number of fused-ring (bicyclic) bond motifs is 1. The third-order valence-corrected chi connectivity index (χ3v) is 6.77. The third-order valence-electron chi connectivity index (χ3n) is 6.77. The Kier molecular flexibility index (Phi) is 6.76. The zero-order chi connectivity index (χ0) is 23.8. The first-order valence-electron chi connectivity index (χ1n) is 11.1. The first-order valence-corrected chi connectivity index (χ1v) is 11.1. The number of nitrogens with one attached hydrogen (secondary N) is 3. The molecule has 33 heavy (non-hydrogen) atoms. The zero-order valence-electron chi connectivity index (χ0n) is 18.3. The van der Waals surface area contributed by atoms with Crippen LogP contribution in [0, 0.1) is 11.9 Å². The van der Waals surface area contributed by atoms with Gasteiger partial charge in [0.1, 0.15) is 5.69 Å². The standard InChI is InChI=1S/C21H28F4N6O2/c1-26-19(32)14-4-5-16(18(22)28-14)31-8-6-30(7-9-31)11-12-2-3-13-15(10-12)29-20(33)17(27-13)21(23,24)25/h4-5,12-13,15,17,27H,2-3,6-11H2,1H3,(H,26,32)(H,29,33). The summed E-state index contributed by atoms with van der Waals surface area (Å²) in [5.74, 6) is -1.86. The van der Waals surface area contributed by atoms with Crippen molar-refractivity contribution in [2.75, 3.05) is 44.7 Å². The highest BCUT2D eigenvalue weighted by Crippen LogP contribution is 2.31. The van der Waals surface area contributed by atoms with Crippen molar-refractivity contribution in [3.63, 3.8) is 0 Å². The minimum atomic E-state index is -4.59. The highest BCUT2D eigenvalue weighted by Gasteiger charge is 2.51. The highest BCUT2D eigenvalue weighted by atomic mass is 19.4. The Labute approximate surface area is 189 Å². The van der Waals surface area contributed by atoms with Gasteiger partial charge in [0.15, 0.2) is 6.04 Å². The molecule has 4 unspecified atom stereocenters. The summed E-state index contributed by atoms with van der Waals surface area (Å²) in [6, 6.07) is 0.267. The molecule has 3 heterocycles. The van der Waals surface area contributed by atoms with Crippen molar-refractivity contribution >= 4 is 17.5 Å². The smallest absolute Gasteiger partial charge is 0.365 e. The number of amides is 2. The maximum atomic E-state index is 14.4. The topological polar surface area (TPSA) is 89.6 Å². The molecule has 1 aromatic heterocycles. The van der Waals surface area contributed by atoms with Gasteiger partial charge in [-0.1, -0.05) is 0 Å². The van der Waals surface area contributed by atoms with E-state index in [0.29, 0.717) is 44.7 Å². The average Bonchev–Trinajstić information content (AvgIpc) is 2.78. The number of pyridine rings is 1. The van der Waals surface area contributed by atoms with Crippen LogP contribution in [0.25, 0.3) is 0 Å². The maximum Gasteiger partial charge on any atom is 0.412 e. The molecule has 12 heteroatoms. The van der Waals surface area contributed by atoms with E-state index < -0.39 is 30.0 Å². The lowest BCUT2D eigenvalue weighted by atomic mass is 9.80. The van der Waals surface area contributed by atoms with Gasteiger partial charge >= 0.3 is 6.18 Å². The summed E-state index contributed by atoms with van der Waals surface area (Å²) in [6.07, 6.45) is -2.60. The van der Waals surface area contributed by atoms with Crippen LogP contribution in [-0.4, -0.2) is 85.8 Å². The second kappa shape index (κ2) is 9.41. The number of hydrogen-bond acceptors (Lipinski definition) is 6. The van der Waals surface area contributed by atoms with Crippen molar-refractivity contribution in [2.45, 2.75) is 43.6 Å². The van der Waals surface area contributed by atoms with E-state index in [9.17, 15) is 27.2 Å². The molecule has 8 nitrogen and oxygen atoms in total. The molecule has 2 aliphatic heterocycles. The molecular weight excluding hydrogens is 444 g/mol. The Morgan fingerprint density at radius 3 is 2.55 bits per heavy atom. The Bertz CT molecular complexity index is 890. The first-order chi connectivity index (χ1) is 15.7. The number of nitrogens with zero attached hydrogens (tertiary/aromatic N) is 3. The number of anilines is 1. The van der Waals surface area contributed by atoms with Gasteiger partial charge in [-0.15, -0.1) is 0 Å². The number of carbonyl (C=O) groups is 2. The van der Waals surface area contributed by atoms with E-state index in [2.05, 4.69) is 25.8 Å². The number of halogens is 4. The minimum Gasteiger partial charge on any atom is -0.365 e. The van der Waals surface area contributed by atoms with Crippen LogP contribution in [0.15, 0.2) is 12.1 Å². The Morgan fingerprint density at radius 1 is 1.18 bits per heavy atom. The fraction of sp³-hybridized carbons (Fsp3) is 0.667. The number of alkyl halides is 3. The normalized spacial score (nSPS) is 28.8. The van der Waals surface area contributed by atoms with E-state index in [0.717, 1.165) is 13.0 Å². The molecule has 0 bridgehead atoms. The quantitative estimate of drug-likeness (QED) is 0.446. The van der Waals surface area contributed by atoms with Gasteiger partial charge in [-0.3, -0.25) is 19.8 Å². The molecule has 3 fully saturated rings. The zero-order valence-corrected chi connectivity index (χ0v) is 18.3. The number of piperazine rings is 2. The van der Waals surface area contributed by atoms with Crippen molar-refractivity contribution in [3.05, 3.63) is 23.8 Å². The van der Waals surface area contributed by atoms with Crippen LogP contribution >= 0.6 is 0 Å². The molecule has 4 atom stereocenters.